The largest absolute Gasteiger partial charge is 0.507 e. The van der Waals surface area contributed by atoms with E-state index < -0.39 is 5.82 Å². The minimum absolute atomic E-state index is 0.0193. The van der Waals surface area contributed by atoms with Gasteiger partial charge in [0.15, 0.2) is 0 Å². The lowest BCUT2D eigenvalue weighted by molar-refractivity contribution is 0.298. The number of halogens is 2. The van der Waals surface area contributed by atoms with Crippen molar-refractivity contribution in [3.63, 3.8) is 0 Å². The van der Waals surface area contributed by atoms with Crippen molar-refractivity contribution in [1.29, 1.82) is 0 Å². The maximum atomic E-state index is 13.9. The van der Waals surface area contributed by atoms with Gasteiger partial charge < -0.3 is 9.84 Å². The van der Waals surface area contributed by atoms with Crippen molar-refractivity contribution < 1.29 is 14.2 Å². The summed E-state index contributed by atoms with van der Waals surface area (Å²) in [5, 5.41) is 18.3. The molecule has 1 aromatic heterocycles. The molecule has 0 radical (unpaired) electrons. The van der Waals surface area contributed by atoms with Crippen LogP contribution in [-0.2, 0) is 6.61 Å². The summed E-state index contributed by atoms with van der Waals surface area (Å²) in [4.78, 5) is 0. The highest BCUT2D eigenvalue weighted by Gasteiger charge is 2.17. The SMILES string of the molecule is Cc1[nH]nc(-c2ccc(OCc3c(F)cccc3Cl)cc2O)c1-c1ccccc1. The molecular formula is C23H18ClFN2O2. The number of aryl methyl sites for hydroxylation is 1. The lowest BCUT2D eigenvalue weighted by Crippen LogP contribution is -1.99. The van der Waals surface area contributed by atoms with Gasteiger partial charge in [-0.1, -0.05) is 48.0 Å². The standard InChI is InChI=1S/C23H18ClFN2O2/c1-14-22(15-6-3-2-4-7-15)23(27-26-14)17-11-10-16(12-21(17)28)29-13-18-19(24)8-5-9-20(18)25/h2-12,28H,13H2,1H3,(H,26,27). The third-order valence-electron chi connectivity index (χ3n) is 4.68. The number of aromatic hydroxyl groups is 1. The van der Waals surface area contributed by atoms with Gasteiger partial charge in [0.05, 0.1) is 5.02 Å². The normalized spacial score (nSPS) is 10.9. The molecule has 146 valence electrons. The summed E-state index contributed by atoms with van der Waals surface area (Å²) in [6.45, 7) is 1.90. The summed E-state index contributed by atoms with van der Waals surface area (Å²) < 4.78 is 19.5. The number of rotatable bonds is 5. The van der Waals surface area contributed by atoms with Crippen LogP contribution in [0, 0.1) is 12.7 Å². The van der Waals surface area contributed by atoms with Gasteiger partial charge in [-0.3, -0.25) is 5.10 Å². The monoisotopic (exact) mass is 408 g/mol. The maximum absolute atomic E-state index is 13.9. The van der Waals surface area contributed by atoms with Gasteiger partial charge in [0, 0.05) is 28.5 Å². The summed E-state index contributed by atoms with van der Waals surface area (Å²) >= 11 is 6.03. The number of phenols is 1. The second kappa shape index (κ2) is 7.97. The van der Waals surface area contributed by atoms with Crippen LogP contribution in [0.4, 0.5) is 4.39 Å². The van der Waals surface area contributed by atoms with Gasteiger partial charge in [-0.05, 0) is 36.8 Å². The van der Waals surface area contributed by atoms with Crippen molar-refractivity contribution in [2.75, 3.05) is 0 Å². The molecule has 0 unspecified atom stereocenters. The minimum Gasteiger partial charge on any atom is -0.507 e. The summed E-state index contributed by atoms with van der Waals surface area (Å²) in [5.74, 6) is -0.0113. The number of H-pyrrole nitrogens is 1. The van der Waals surface area contributed by atoms with E-state index in [-0.39, 0.29) is 17.9 Å². The van der Waals surface area contributed by atoms with Gasteiger partial charge in [-0.25, -0.2) is 4.39 Å². The number of nitrogens with one attached hydrogen (secondary N) is 1. The molecule has 4 nitrogen and oxygen atoms in total. The van der Waals surface area contributed by atoms with Crippen molar-refractivity contribution in [3.05, 3.63) is 88.8 Å². The fourth-order valence-corrected chi connectivity index (χ4v) is 3.43. The average Bonchev–Trinajstić information content (AvgIpc) is 3.09. The zero-order valence-electron chi connectivity index (χ0n) is 15.6. The molecule has 0 saturated heterocycles. The Morgan fingerprint density at radius 3 is 2.59 bits per heavy atom. The number of nitrogens with zero attached hydrogens (tertiary/aromatic N) is 1. The molecule has 29 heavy (non-hydrogen) atoms. The van der Waals surface area contributed by atoms with Crippen molar-refractivity contribution >= 4 is 11.6 Å². The highest BCUT2D eigenvalue weighted by atomic mass is 35.5. The van der Waals surface area contributed by atoms with E-state index in [0.29, 0.717) is 22.0 Å². The highest BCUT2D eigenvalue weighted by molar-refractivity contribution is 6.31. The predicted molar refractivity (Wildman–Crippen MR) is 112 cm³/mol. The zero-order valence-corrected chi connectivity index (χ0v) is 16.4. The number of benzene rings is 3. The van der Waals surface area contributed by atoms with Crippen molar-refractivity contribution in [3.8, 4) is 33.9 Å². The van der Waals surface area contributed by atoms with E-state index in [9.17, 15) is 9.50 Å². The van der Waals surface area contributed by atoms with Gasteiger partial charge in [0.2, 0.25) is 0 Å². The maximum Gasteiger partial charge on any atom is 0.131 e. The molecule has 0 atom stereocenters. The zero-order chi connectivity index (χ0) is 20.4. The molecular weight excluding hydrogens is 391 g/mol. The third-order valence-corrected chi connectivity index (χ3v) is 5.03. The van der Waals surface area contributed by atoms with E-state index in [1.54, 1.807) is 18.2 Å². The van der Waals surface area contributed by atoms with E-state index >= 15 is 0 Å². The fourth-order valence-electron chi connectivity index (χ4n) is 3.21. The molecule has 4 aromatic rings. The highest BCUT2D eigenvalue weighted by Crippen LogP contribution is 2.38. The summed E-state index contributed by atoms with van der Waals surface area (Å²) in [6.07, 6.45) is 0. The smallest absolute Gasteiger partial charge is 0.131 e. The first-order valence-electron chi connectivity index (χ1n) is 9.04. The average molecular weight is 409 g/mol. The second-order valence-corrected chi connectivity index (χ2v) is 7.01. The molecule has 0 saturated carbocycles. The van der Waals surface area contributed by atoms with Crippen LogP contribution in [0.3, 0.4) is 0 Å². The Morgan fingerprint density at radius 1 is 1.07 bits per heavy atom. The Hall–Kier alpha value is -3.31. The van der Waals surface area contributed by atoms with Gasteiger partial charge >= 0.3 is 0 Å². The summed E-state index contributed by atoms with van der Waals surface area (Å²) in [5.41, 5.74) is 4.32. The van der Waals surface area contributed by atoms with E-state index in [1.165, 1.54) is 18.2 Å². The van der Waals surface area contributed by atoms with Crippen LogP contribution in [0.2, 0.25) is 5.02 Å². The predicted octanol–water partition coefficient (Wildman–Crippen LogP) is 6.13. The number of ether oxygens (including phenoxy) is 1. The molecule has 0 fully saturated rings. The quantitative estimate of drug-likeness (QED) is 0.417. The van der Waals surface area contributed by atoms with Crippen LogP contribution in [0.1, 0.15) is 11.3 Å². The summed E-state index contributed by atoms with van der Waals surface area (Å²) in [7, 11) is 0. The molecule has 0 aliphatic heterocycles. The number of aromatic nitrogens is 2. The molecule has 3 aromatic carbocycles. The molecule has 2 N–H and O–H groups in total. The van der Waals surface area contributed by atoms with Crippen LogP contribution in [0.5, 0.6) is 11.5 Å². The van der Waals surface area contributed by atoms with Gasteiger partial charge in [0.1, 0.15) is 29.6 Å². The second-order valence-electron chi connectivity index (χ2n) is 6.61. The van der Waals surface area contributed by atoms with Gasteiger partial charge in [0.25, 0.3) is 0 Å². The Labute approximate surface area is 172 Å². The van der Waals surface area contributed by atoms with Crippen molar-refractivity contribution in [2.24, 2.45) is 0 Å². The van der Waals surface area contributed by atoms with Crippen LogP contribution in [-0.4, -0.2) is 15.3 Å². The minimum atomic E-state index is -0.433. The lowest BCUT2D eigenvalue weighted by Gasteiger charge is -2.11. The third kappa shape index (κ3) is 3.82. The molecule has 4 rings (SSSR count). The fraction of sp³-hybridized carbons (Fsp3) is 0.0870. The Balaban J connectivity index is 1.62. The van der Waals surface area contributed by atoms with Crippen LogP contribution in [0.15, 0.2) is 66.7 Å². The van der Waals surface area contributed by atoms with E-state index in [0.717, 1.165) is 16.8 Å². The lowest BCUT2D eigenvalue weighted by atomic mass is 9.99. The van der Waals surface area contributed by atoms with E-state index in [1.807, 2.05) is 37.3 Å². The molecule has 0 amide bonds. The molecule has 1 heterocycles. The van der Waals surface area contributed by atoms with Crippen LogP contribution >= 0.6 is 11.6 Å². The number of aromatic amines is 1. The Kier molecular flexibility index (Phi) is 5.23. The van der Waals surface area contributed by atoms with E-state index in [2.05, 4.69) is 10.2 Å². The number of phenolic OH excluding ortho intramolecular Hbond substituents is 1. The number of hydrogen-bond donors (Lipinski definition) is 2. The van der Waals surface area contributed by atoms with Crippen molar-refractivity contribution in [1.82, 2.24) is 10.2 Å². The summed E-state index contributed by atoms with van der Waals surface area (Å²) in [6, 6.07) is 19.3. The Morgan fingerprint density at radius 2 is 1.86 bits per heavy atom. The van der Waals surface area contributed by atoms with Gasteiger partial charge in [-0.2, -0.15) is 5.10 Å². The molecule has 6 heteroatoms. The van der Waals surface area contributed by atoms with Crippen LogP contribution < -0.4 is 4.74 Å². The molecule has 0 aliphatic rings. The number of hydrogen-bond acceptors (Lipinski definition) is 3. The van der Waals surface area contributed by atoms with Crippen LogP contribution in [0.25, 0.3) is 22.4 Å². The Bertz CT molecular complexity index is 1140. The molecule has 0 aliphatic carbocycles. The van der Waals surface area contributed by atoms with E-state index in [4.69, 9.17) is 16.3 Å². The molecule has 0 bridgehead atoms. The topological polar surface area (TPSA) is 58.1 Å². The first-order chi connectivity index (χ1) is 14.0. The first-order valence-corrected chi connectivity index (χ1v) is 9.42. The first kappa shape index (κ1) is 19.0. The van der Waals surface area contributed by atoms with Gasteiger partial charge in [-0.15, -0.1) is 0 Å². The van der Waals surface area contributed by atoms with Crippen molar-refractivity contribution in [2.45, 2.75) is 13.5 Å². The molecule has 0 spiro atoms.